The zero-order valence-electron chi connectivity index (χ0n) is 8.97. The summed E-state index contributed by atoms with van der Waals surface area (Å²) >= 11 is 3.49. The maximum absolute atomic E-state index is 10.6. The van der Waals surface area contributed by atoms with Gasteiger partial charge in [-0.25, -0.2) is 8.42 Å². The summed E-state index contributed by atoms with van der Waals surface area (Å²) < 4.78 is 22.2. The van der Waals surface area contributed by atoms with Gasteiger partial charge in [0.2, 0.25) is 0 Å². The SMILES string of the molecule is O=[SH](=O)Cc1ccc(-c2ccccc2Br)cc1. The molecule has 0 saturated carbocycles. The minimum Gasteiger partial charge on any atom is -0.232 e. The molecular formula is C13H11BrO2S. The molecule has 0 aliphatic carbocycles. The van der Waals surface area contributed by atoms with Crippen LogP contribution in [0.15, 0.2) is 53.0 Å². The fraction of sp³-hybridized carbons (Fsp3) is 0.0769. The van der Waals surface area contributed by atoms with Crippen molar-refractivity contribution in [2.75, 3.05) is 0 Å². The third-order valence-corrected chi connectivity index (χ3v) is 3.77. The monoisotopic (exact) mass is 310 g/mol. The standard InChI is InChI=1S/C13H11BrO2S/c14-13-4-2-1-3-12(13)11-7-5-10(6-8-11)9-17(15)16/h1-8,17H,9H2. The molecule has 4 heteroatoms. The molecule has 0 bridgehead atoms. The first-order valence-electron chi connectivity index (χ1n) is 5.12. The largest absolute Gasteiger partial charge is 0.232 e. The fourth-order valence-corrected chi connectivity index (χ4v) is 2.66. The molecule has 2 rings (SSSR count). The summed E-state index contributed by atoms with van der Waals surface area (Å²) in [5.41, 5.74) is 2.99. The first-order valence-corrected chi connectivity index (χ1v) is 7.28. The van der Waals surface area contributed by atoms with Crippen LogP contribution in [0.2, 0.25) is 0 Å². The highest BCUT2D eigenvalue weighted by atomic mass is 79.9. The van der Waals surface area contributed by atoms with Crippen LogP contribution in [0.1, 0.15) is 5.56 Å². The molecule has 0 aromatic heterocycles. The molecule has 17 heavy (non-hydrogen) atoms. The molecule has 2 aromatic rings. The van der Waals surface area contributed by atoms with Crippen molar-refractivity contribution < 1.29 is 8.42 Å². The molecule has 0 spiro atoms. The van der Waals surface area contributed by atoms with Crippen LogP contribution in [-0.4, -0.2) is 8.42 Å². The Hall–Kier alpha value is -1.13. The van der Waals surface area contributed by atoms with Gasteiger partial charge in [-0.15, -0.1) is 0 Å². The Balaban J connectivity index is 2.33. The van der Waals surface area contributed by atoms with Gasteiger partial charge in [-0.3, -0.25) is 0 Å². The molecule has 2 aromatic carbocycles. The van der Waals surface area contributed by atoms with Crippen molar-refractivity contribution in [2.24, 2.45) is 0 Å². The smallest absolute Gasteiger partial charge is 0.144 e. The molecule has 0 unspecified atom stereocenters. The van der Waals surface area contributed by atoms with E-state index in [4.69, 9.17) is 0 Å². The summed E-state index contributed by atoms with van der Waals surface area (Å²) in [5, 5.41) is 0. The zero-order chi connectivity index (χ0) is 12.3. The van der Waals surface area contributed by atoms with E-state index in [9.17, 15) is 8.42 Å². The van der Waals surface area contributed by atoms with Gasteiger partial charge in [-0.1, -0.05) is 58.4 Å². The van der Waals surface area contributed by atoms with Gasteiger partial charge < -0.3 is 0 Å². The second kappa shape index (κ2) is 5.47. The normalized spacial score (nSPS) is 10.7. The average Bonchev–Trinajstić information content (AvgIpc) is 2.30. The molecule has 0 radical (unpaired) electrons. The molecule has 0 amide bonds. The fourth-order valence-electron chi connectivity index (χ4n) is 1.63. The number of benzene rings is 2. The van der Waals surface area contributed by atoms with Gasteiger partial charge in [-0.2, -0.15) is 0 Å². The number of hydrogen-bond donors (Lipinski definition) is 1. The Morgan fingerprint density at radius 1 is 0.941 bits per heavy atom. The van der Waals surface area contributed by atoms with Crippen molar-refractivity contribution in [1.29, 1.82) is 0 Å². The van der Waals surface area contributed by atoms with Crippen molar-refractivity contribution in [3.63, 3.8) is 0 Å². The topological polar surface area (TPSA) is 34.1 Å². The zero-order valence-corrected chi connectivity index (χ0v) is 11.4. The Morgan fingerprint density at radius 3 is 2.18 bits per heavy atom. The highest BCUT2D eigenvalue weighted by Crippen LogP contribution is 2.27. The Labute approximate surface area is 110 Å². The highest BCUT2D eigenvalue weighted by molar-refractivity contribution is 9.10. The van der Waals surface area contributed by atoms with E-state index in [2.05, 4.69) is 15.9 Å². The predicted molar refractivity (Wildman–Crippen MR) is 73.6 cm³/mol. The number of rotatable bonds is 3. The van der Waals surface area contributed by atoms with Crippen LogP contribution in [0.4, 0.5) is 0 Å². The molecule has 0 aliphatic heterocycles. The minimum atomic E-state index is -2.36. The lowest BCUT2D eigenvalue weighted by atomic mass is 10.0. The summed E-state index contributed by atoms with van der Waals surface area (Å²) in [7, 11) is -2.36. The van der Waals surface area contributed by atoms with Crippen LogP contribution in [0.25, 0.3) is 11.1 Å². The van der Waals surface area contributed by atoms with Crippen LogP contribution >= 0.6 is 15.9 Å². The van der Waals surface area contributed by atoms with Gasteiger partial charge in [0.15, 0.2) is 0 Å². The third-order valence-electron chi connectivity index (χ3n) is 2.45. The van der Waals surface area contributed by atoms with Gasteiger partial charge in [0, 0.05) is 4.47 Å². The number of thiol groups is 1. The van der Waals surface area contributed by atoms with E-state index >= 15 is 0 Å². The minimum absolute atomic E-state index is 0.103. The van der Waals surface area contributed by atoms with Gasteiger partial charge >= 0.3 is 0 Å². The Kier molecular flexibility index (Phi) is 3.97. The molecule has 0 N–H and O–H groups in total. The van der Waals surface area contributed by atoms with Gasteiger partial charge in [-0.05, 0) is 22.8 Å². The first kappa shape index (κ1) is 12.3. The second-order valence-electron chi connectivity index (χ2n) is 3.67. The van der Waals surface area contributed by atoms with Gasteiger partial charge in [0.05, 0.1) is 5.75 Å². The second-order valence-corrected chi connectivity index (χ2v) is 5.50. The molecule has 88 valence electrons. The lowest BCUT2D eigenvalue weighted by Crippen LogP contribution is -1.87. The Bertz CT molecular complexity index is 581. The molecule has 0 atom stereocenters. The van der Waals surface area contributed by atoms with E-state index in [1.54, 1.807) is 0 Å². The van der Waals surface area contributed by atoms with E-state index in [1.807, 2.05) is 48.5 Å². The van der Waals surface area contributed by atoms with Crippen LogP contribution in [0.3, 0.4) is 0 Å². The summed E-state index contributed by atoms with van der Waals surface area (Å²) in [4.78, 5) is 0. The number of hydrogen-bond acceptors (Lipinski definition) is 2. The van der Waals surface area contributed by atoms with Crippen molar-refractivity contribution >= 4 is 26.6 Å². The molecule has 0 heterocycles. The molecular weight excluding hydrogens is 300 g/mol. The summed E-state index contributed by atoms with van der Waals surface area (Å²) in [5.74, 6) is 0.103. The Morgan fingerprint density at radius 2 is 1.59 bits per heavy atom. The van der Waals surface area contributed by atoms with Crippen molar-refractivity contribution in [3.05, 3.63) is 58.6 Å². The van der Waals surface area contributed by atoms with Crippen LogP contribution in [0, 0.1) is 0 Å². The van der Waals surface area contributed by atoms with Crippen molar-refractivity contribution in [2.45, 2.75) is 5.75 Å². The predicted octanol–water partition coefficient (Wildman–Crippen LogP) is 3.23. The van der Waals surface area contributed by atoms with E-state index in [-0.39, 0.29) is 5.75 Å². The lowest BCUT2D eigenvalue weighted by molar-refractivity contribution is 0.614. The summed E-state index contributed by atoms with van der Waals surface area (Å²) in [6, 6.07) is 15.5. The molecule has 0 saturated heterocycles. The molecule has 0 aliphatic rings. The van der Waals surface area contributed by atoms with E-state index < -0.39 is 10.7 Å². The third kappa shape index (κ3) is 3.17. The average molecular weight is 311 g/mol. The van der Waals surface area contributed by atoms with E-state index in [1.165, 1.54) is 0 Å². The van der Waals surface area contributed by atoms with Crippen LogP contribution < -0.4 is 0 Å². The van der Waals surface area contributed by atoms with Crippen molar-refractivity contribution in [1.82, 2.24) is 0 Å². The quantitative estimate of drug-likeness (QED) is 0.883. The maximum atomic E-state index is 10.6. The lowest BCUT2D eigenvalue weighted by Gasteiger charge is -2.05. The molecule has 0 fully saturated rings. The van der Waals surface area contributed by atoms with Gasteiger partial charge in [0.1, 0.15) is 10.7 Å². The van der Waals surface area contributed by atoms with Crippen LogP contribution in [-0.2, 0) is 16.5 Å². The highest BCUT2D eigenvalue weighted by Gasteiger charge is 2.02. The number of halogens is 1. The maximum Gasteiger partial charge on any atom is 0.144 e. The van der Waals surface area contributed by atoms with E-state index in [0.717, 1.165) is 21.2 Å². The van der Waals surface area contributed by atoms with Gasteiger partial charge in [0.25, 0.3) is 0 Å². The summed E-state index contributed by atoms with van der Waals surface area (Å²) in [6.07, 6.45) is 0. The van der Waals surface area contributed by atoms with Crippen molar-refractivity contribution in [3.8, 4) is 11.1 Å². The van der Waals surface area contributed by atoms with E-state index in [0.29, 0.717) is 0 Å². The molecule has 2 nitrogen and oxygen atoms in total. The summed E-state index contributed by atoms with van der Waals surface area (Å²) in [6.45, 7) is 0. The van der Waals surface area contributed by atoms with Crippen LogP contribution in [0.5, 0.6) is 0 Å². The first-order chi connectivity index (χ1) is 8.16.